The van der Waals surface area contributed by atoms with Gasteiger partial charge in [0, 0.05) is 6.54 Å². The summed E-state index contributed by atoms with van der Waals surface area (Å²) < 4.78 is 10.9. The predicted octanol–water partition coefficient (Wildman–Crippen LogP) is 2.31. The summed E-state index contributed by atoms with van der Waals surface area (Å²) in [5.41, 5.74) is 0. The summed E-state index contributed by atoms with van der Waals surface area (Å²) in [5, 5.41) is 10.1. The second-order valence-electron chi connectivity index (χ2n) is 5.33. The van der Waals surface area contributed by atoms with Crippen molar-refractivity contribution >= 4 is 0 Å². The highest BCUT2D eigenvalue weighted by molar-refractivity contribution is 5.39. The quantitative estimate of drug-likeness (QED) is 0.867. The van der Waals surface area contributed by atoms with E-state index < -0.39 is 6.10 Å². The van der Waals surface area contributed by atoms with Crippen LogP contribution in [0.15, 0.2) is 24.3 Å². The van der Waals surface area contributed by atoms with E-state index in [1.807, 2.05) is 24.3 Å². The van der Waals surface area contributed by atoms with Crippen molar-refractivity contribution in [3.8, 4) is 11.5 Å². The lowest BCUT2D eigenvalue weighted by Gasteiger charge is -2.23. The number of rotatable bonds is 6. The summed E-state index contributed by atoms with van der Waals surface area (Å²) in [7, 11) is 1.62. The van der Waals surface area contributed by atoms with E-state index in [0.29, 0.717) is 24.7 Å². The number of methoxy groups -OCH3 is 1. The van der Waals surface area contributed by atoms with Gasteiger partial charge in [0.2, 0.25) is 0 Å². The molecular weight excluding hydrogens is 254 g/mol. The lowest BCUT2D eigenvalue weighted by molar-refractivity contribution is 0.0683. The molecule has 1 N–H and O–H groups in total. The molecule has 1 aliphatic heterocycles. The van der Waals surface area contributed by atoms with E-state index >= 15 is 0 Å². The second-order valence-corrected chi connectivity index (χ2v) is 5.33. The predicted molar refractivity (Wildman–Crippen MR) is 79.4 cm³/mol. The van der Waals surface area contributed by atoms with Crippen LogP contribution in [-0.2, 0) is 0 Å². The van der Waals surface area contributed by atoms with Crippen LogP contribution in [0.1, 0.15) is 25.7 Å². The van der Waals surface area contributed by atoms with Crippen molar-refractivity contribution < 1.29 is 14.6 Å². The summed E-state index contributed by atoms with van der Waals surface area (Å²) in [5.74, 6) is 1.39. The molecule has 1 atom stereocenters. The van der Waals surface area contributed by atoms with Gasteiger partial charge in [-0.3, -0.25) is 0 Å². The Balaban J connectivity index is 1.77. The molecule has 0 bridgehead atoms. The van der Waals surface area contributed by atoms with Gasteiger partial charge in [0.25, 0.3) is 0 Å². The maximum absolute atomic E-state index is 10.1. The van der Waals surface area contributed by atoms with Gasteiger partial charge in [0.1, 0.15) is 12.7 Å². The van der Waals surface area contributed by atoms with Gasteiger partial charge in [-0.05, 0) is 38.1 Å². The lowest BCUT2D eigenvalue weighted by atomic mass is 10.2. The number of aliphatic hydroxyl groups excluding tert-OH is 1. The third-order valence-electron chi connectivity index (χ3n) is 3.67. The minimum atomic E-state index is -0.460. The maximum atomic E-state index is 10.1. The monoisotopic (exact) mass is 279 g/mol. The van der Waals surface area contributed by atoms with Gasteiger partial charge in [0.15, 0.2) is 11.5 Å². The van der Waals surface area contributed by atoms with Crippen molar-refractivity contribution in [2.45, 2.75) is 31.8 Å². The van der Waals surface area contributed by atoms with E-state index in [1.54, 1.807) is 7.11 Å². The fraction of sp³-hybridized carbons (Fsp3) is 0.625. The van der Waals surface area contributed by atoms with E-state index in [-0.39, 0.29) is 0 Å². The third-order valence-corrected chi connectivity index (χ3v) is 3.67. The van der Waals surface area contributed by atoms with E-state index in [1.165, 1.54) is 25.7 Å². The zero-order chi connectivity index (χ0) is 14.2. The highest BCUT2D eigenvalue weighted by atomic mass is 16.5. The van der Waals surface area contributed by atoms with Crippen molar-refractivity contribution in [3.05, 3.63) is 24.3 Å². The molecule has 0 saturated carbocycles. The van der Waals surface area contributed by atoms with E-state index in [4.69, 9.17) is 9.47 Å². The molecule has 0 amide bonds. The van der Waals surface area contributed by atoms with Gasteiger partial charge in [-0.25, -0.2) is 0 Å². The molecular formula is C16H25NO3. The van der Waals surface area contributed by atoms with Gasteiger partial charge in [0.05, 0.1) is 7.11 Å². The van der Waals surface area contributed by atoms with Gasteiger partial charge in [-0.1, -0.05) is 25.0 Å². The lowest BCUT2D eigenvalue weighted by Crippen LogP contribution is -2.36. The van der Waals surface area contributed by atoms with Crippen molar-refractivity contribution in [2.24, 2.45) is 0 Å². The van der Waals surface area contributed by atoms with E-state index in [0.717, 1.165) is 13.1 Å². The summed E-state index contributed by atoms with van der Waals surface area (Å²) in [6.45, 7) is 3.17. The van der Waals surface area contributed by atoms with Crippen LogP contribution in [0.5, 0.6) is 11.5 Å². The first-order valence-corrected chi connectivity index (χ1v) is 7.46. The van der Waals surface area contributed by atoms with Crippen LogP contribution in [0.4, 0.5) is 0 Å². The summed E-state index contributed by atoms with van der Waals surface area (Å²) >= 11 is 0. The largest absolute Gasteiger partial charge is 0.493 e. The molecule has 0 radical (unpaired) electrons. The van der Waals surface area contributed by atoms with E-state index in [9.17, 15) is 5.11 Å². The highest BCUT2D eigenvalue weighted by Crippen LogP contribution is 2.25. The first-order chi connectivity index (χ1) is 9.79. The molecule has 1 aromatic carbocycles. The molecule has 4 nitrogen and oxygen atoms in total. The Morgan fingerprint density at radius 1 is 1.10 bits per heavy atom. The van der Waals surface area contributed by atoms with Gasteiger partial charge < -0.3 is 19.5 Å². The molecule has 1 saturated heterocycles. The third kappa shape index (κ3) is 4.69. The molecule has 4 heteroatoms. The van der Waals surface area contributed by atoms with Crippen LogP contribution >= 0.6 is 0 Å². The number of hydrogen-bond donors (Lipinski definition) is 1. The van der Waals surface area contributed by atoms with Crippen LogP contribution in [-0.4, -0.2) is 49.5 Å². The fourth-order valence-electron chi connectivity index (χ4n) is 2.59. The molecule has 2 rings (SSSR count). The molecule has 1 aliphatic rings. The normalized spacial score (nSPS) is 18.3. The molecule has 0 unspecified atom stereocenters. The Hall–Kier alpha value is -1.26. The first-order valence-electron chi connectivity index (χ1n) is 7.46. The summed E-state index contributed by atoms with van der Waals surface area (Å²) in [4.78, 5) is 2.34. The van der Waals surface area contributed by atoms with Crippen LogP contribution < -0.4 is 9.47 Å². The number of nitrogens with zero attached hydrogens (tertiary/aromatic N) is 1. The number of benzene rings is 1. The number of ether oxygens (including phenoxy) is 2. The molecule has 1 fully saturated rings. The number of aliphatic hydroxyl groups is 1. The SMILES string of the molecule is COc1ccccc1OC[C@@H](O)CN1CCCCCC1. The number of hydrogen-bond acceptors (Lipinski definition) is 4. The number of para-hydroxylation sites is 2. The molecule has 112 valence electrons. The van der Waals surface area contributed by atoms with Crippen LogP contribution in [0.3, 0.4) is 0 Å². The molecule has 20 heavy (non-hydrogen) atoms. The molecule has 0 aliphatic carbocycles. The topological polar surface area (TPSA) is 41.9 Å². The standard InChI is InChI=1S/C16H25NO3/c1-19-15-8-4-5-9-16(15)20-13-14(18)12-17-10-6-2-3-7-11-17/h4-5,8-9,14,18H,2-3,6-7,10-13H2,1H3/t14-/m0/s1. The zero-order valence-corrected chi connectivity index (χ0v) is 12.3. The molecule has 1 aromatic rings. The Kier molecular flexibility index (Phi) is 6.15. The van der Waals surface area contributed by atoms with Crippen molar-refractivity contribution in [2.75, 3.05) is 33.4 Å². The Bertz CT molecular complexity index is 389. The highest BCUT2D eigenvalue weighted by Gasteiger charge is 2.14. The average molecular weight is 279 g/mol. The smallest absolute Gasteiger partial charge is 0.161 e. The summed E-state index contributed by atoms with van der Waals surface area (Å²) in [6.07, 6.45) is 4.63. The molecule has 0 spiro atoms. The number of β-amino-alcohol motifs (C(OH)–C–C–N with tert-alkyl or cyclic N) is 1. The maximum Gasteiger partial charge on any atom is 0.161 e. The van der Waals surface area contributed by atoms with Crippen LogP contribution in [0.2, 0.25) is 0 Å². The first kappa shape index (κ1) is 15.1. The van der Waals surface area contributed by atoms with Gasteiger partial charge >= 0.3 is 0 Å². The Morgan fingerprint density at radius 3 is 2.40 bits per heavy atom. The van der Waals surface area contributed by atoms with Crippen LogP contribution in [0, 0.1) is 0 Å². The average Bonchev–Trinajstić information content (AvgIpc) is 2.74. The molecule has 1 heterocycles. The minimum absolute atomic E-state index is 0.302. The van der Waals surface area contributed by atoms with E-state index in [2.05, 4.69) is 4.90 Å². The Morgan fingerprint density at radius 2 is 1.75 bits per heavy atom. The zero-order valence-electron chi connectivity index (χ0n) is 12.3. The van der Waals surface area contributed by atoms with Crippen molar-refractivity contribution in [3.63, 3.8) is 0 Å². The summed E-state index contributed by atoms with van der Waals surface area (Å²) in [6, 6.07) is 7.52. The second kappa shape index (κ2) is 8.12. The van der Waals surface area contributed by atoms with Gasteiger partial charge in [-0.2, -0.15) is 0 Å². The van der Waals surface area contributed by atoms with Crippen molar-refractivity contribution in [1.29, 1.82) is 0 Å². The van der Waals surface area contributed by atoms with Gasteiger partial charge in [-0.15, -0.1) is 0 Å². The number of likely N-dealkylation sites (tertiary alicyclic amines) is 1. The minimum Gasteiger partial charge on any atom is -0.493 e. The van der Waals surface area contributed by atoms with Crippen molar-refractivity contribution in [1.82, 2.24) is 4.90 Å². The van der Waals surface area contributed by atoms with Crippen LogP contribution in [0.25, 0.3) is 0 Å². The molecule has 0 aromatic heterocycles. The Labute approximate surface area is 121 Å². The fourth-order valence-corrected chi connectivity index (χ4v) is 2.59.